The van der Waals surface area contributed by atoms with Crippen molar-refractivity contribution in [2.24, 2.45) is 25.0 Å². The van der Waals surface area contributed by atoms with Gasteiger partial charge in [0.15, 0.2) is 48.4 Å². The van der Waals surface area contributed by atoms with Gasteiger partial charge in [-0.15, -0.1) is 12.0 Å². The molecule has 0 spiro atoms. The lowest BCUT2D eigenvalue weighted by atomic mass is 10.0. The highest BCUT2D eigenvalue weighted by atomic mass is 79.9. The Hall–Kier alpha value is -16.2. The Morgan fingerprint density at radius 2 is 0.729 bits per heavy atom. The lowest BCUT2D eigenvalue weighted by Crippen LogP contribution is -2.16. The first kappa shape index (κ1) is 86.2. The van der Waals surface area contributed by atoms with Crippen molar-refractivity contribution in [2.75, 3.05) is 6.61 Å². The SMILES string of the molecule is Brc1ccc2c(c1)C(c1ccccn1)=NCc1c(-c3cnco3)ncn1-2.C#Cc1ccc2c(c1)C(c1ccccn1)=NCc1c(-c3cnco3)ncn1-2.CCOC(=O)c1ncn2c1CN=C(c1ccccn1)c1cc(Br)ccc1-2.C[Si](C)(C)C#Cc1ccc2c(c1)C(c1ccccn1)=NCc1c(-c3cnco3)ncn1-2.O=Cc1ncn2c1CN=C(c1ccccn1)c1cc(Br)ccc1-2. The largest absolute Gasteiger partial charge is 0.461 e. The Bertz CT molecular complexity index is 7700. The number of aldehydes is 1. The fourth-order valence-electron chi connectivity index (χ4n) is 15.6. The van der Waals surface area contributed by atoms with Crippen LogP contribution in [0, 0.1) is 23.8 Å². The predicted molar refractivity (Wildman–Crippen MR) is 515 cm³/mol. The van der Waals surface area contributed by atoms with Crippen LogP contribution in [0.3, 0.4) is 0 Å². The number of esters is 1. The Morgan fingerprint density at radius 3 is 1.07 bits per heavy atom. The summed E-state index contributed by atoms with van der Waals surface area (Å²) in [6, 6.07) is 59.1. The molecule has 133 heavy (non-hydrogen) atoms. The van der Waals surface area contributed by atoms with Crippen molar-refractivity contribution in [1.82, 2.24) is 87.6 Å². The van der Waals surface area contributed by atoms with Crippen LogP contribution in [0.15, 0.2) is 334 Å². The molecule has 0 saturated carbocycles. The number of imidazole rings is 5. The number of aliphatic imine (C=N–C) groups is 5. The number of nitrogens with zero attached hydrogens (tertiary/aromatic N) is 23. The zero-order valence-electron chi connectivity index (χ0n) is 71.3. The van der Waals surface area contributed by atoms with Crippen molar-refractivity contribution < 1.29 is 27.6 Å². The number of benzene rings is 5. The predicted octanol–water partition coefficient (Wildman–Crippen LogP) is 18.5. The molecule has 0 N–H and O–H groups in total. The molecule has 0 fully saturated rings. The highest BCUT2D eigenvalue weighted by Crippen LogP contribution is 2.38. The topological polar surface area (TPSA) is 337 Å². The summed E-state index contributed by atoms with van der Waals surface area (Å²) >= 11 is 10.6. The van der Waals surface area contributed by atoms with Crippen molar-refractivity contribution in [3.63, 3.8) is 0 Å². The first-order valence-corrected chi connectivity index (χ1v) is 47.6. The van der Waals surface area contributed by atoms with Crippen LogP contribution in [0.1, 0.15) is 124 Å². The summed E-state index contributed by atoms with van der Waals surface area (Å²) in [6.07, 6.45) is 33.1. The number of oxazole rings is 3. The molecule has 18 aromatic rings. The lowest BCUT2D eigenvalue weighted by Gasteiger charge is -2.12. The zero-order chi connectivity index (χ0) is 91.1. The van der Waals surface area contributed by atoms with Gasteiger partial charge in [0.2, 0.25) is 0 Å². The van der Waals surface area contributed by atoms with Crippen molar-refractivity contribution in [3.05, 3.63) is 403 Å². The smallest absolute Gasteiger partial charge is 0.358 e. The molecule has 5 aromatic carbocycles. The number of ether oxygens (including phenoxy) is 1. The second kappa shape index (κ2) is 38.2. The zero-order valence-corrected chi connectivity index (χ0v) is 77.1. The van der Waals surface area contributed by atoms with E-state index < -0.39 is 14.0 Å². The van der Waals surface area contributed by atoms with Gasteiger partial charge in [-0.25, -0.2) is 44.7 Å². The number of fused-ring (bicyclic) bond motifs is 15. The summed E-state index contributed by atoms with van der Waals surface area (Å²) in [6.45, 7) is 10.8. The number of aromatic nitrogens is 18. The minimum atomic E-state index is -1.49. The monoisotopic (exact) mass is 1960 g/mol. The maximum Gasteiger partial charge on any atom is 0.358 e. The van der Waals surface area contributed by atoms with Gasteiger partial charge in [0.25, 0.3) is 0 Å². The van der Waals surface area contributed by atoms with Crippen LogP contribution >= 0.6 is 47.8 Å². The summed E-state index contributed by atoms with van der Waals surface area (Å²) in [5, 5.41) is 0. The van der Waals surface area contributed by atoms with E-state index >= 15 is 0 Å². The number of pyridine rings is 5. The molecule has 0 atom stereocenters. The van der Waals surface area contributed by atoms with Gasteiger partial charge in [0, 0.05) is 83.3 Å². The van der Waals surface area contributed by atoms with Gasteiger partial charge < -0.3 is 18.0 Å². The molecule has 13 aromatic heterocycles. The van der Waals surface area contributed by atoms with E-state index in [0.717, 1.165) is 184 Å². The normalized spacial score (nSPS) is 12.7. The second-order valence-corrected chi connectivity index (χ2v) is 38.5. The van der Waals surface area contributed by atoms with Crippen molar-refractivity contribution in [1.29, 1.82) is 0 Å². The van der Waals surface area contributed by atoms with Gasteiger partial charge in [-0.2, -0.15) is 0 Å². The highest BCUT2D eigenvalue weighted by molar-refractivity contribution is 9.11. The third-order valence-corrected chi connectivity index (χ3v) is 24.0. The molecular formula is C100H72Br3N23O6Si. The van der Waals surface area contributed by atoms with Crippen LogP contribution in [0.5, 0.6) is 0 Å². The first-order valence-electron chi connectivity index (χ1n) is 41.7. The number of hydrogen-bond acceptors (Lipinski definition) is 24. The molecule has 23 rings (SSSR count). The average Bonchev–Trinajstić information content (AvgIpc) is 1.63. The molecule has 648 valence electrons. The highest BCUT2D eigenvalue weighted by Gasteiger charge is 2.32. The van der Waals surface area contributed by atoms with Gasteiger partial charge in [0.05, 0.1) is 172 Å². The molecule has 0 radical (unpaired) electrons. The molecular weight excluding hydrogens is 1890 g/mol. The number of terminal acetylenes is 1. The third-order valence-electron chi connectivity index (χ3n) is 21.6. The second-order valence-electron chi connectivity index (χ2n) is 31.0. The minimum absolute atomic E-state index is 0.298. The fraction of sp³-hybridized carbons (Fsp3) is 0.100. The van der Waals surface area contributed by atoms with E-state index in [4.69, 9.17) is 49.4 Å². The Labute approximate surface area is 786 Å². The Kier molecular flexibility index (Phi) is 24.8. The number of carbonyl (C=O) groups excluding carboxylic acids is 2. The van der Waals surface area contributed by atoms with Crippen LogP contribution < -0.4 is 0 Å². The van der Waals surface area contributed by atoms with Crippen molar-refractivity contribution in [2.45, 2.75) is 59.3 Å². The first-order chi connectivity index (χ1) is 65.1. The molecule has 0 bridgehead atoms. The standard InChI is InChI=1S/C24H21N5OSi.C21H13N5O.C19H12BrN5O.C19H15BrN4O2.C17H11BrN4O/c1-31(2,3)11-9-17-7-8-20-18(12-17)23(19-6-4-5-10-26-19)27-13-21-24(28-15-29(20)21)22-14-25-16-30-22;1-2-14-6-7-17-15(9-14)20(16-5-3-4-8-23-16)24-10-18-21(25-12-26(17)18)19-11-22-13-27-19;20-12-4-5-15-13(7-12)18(14-3-1-2-6-22-14)23-8-16-19(24-10-25(15)16)17-9-21-11-26-17;1-2-26-19(25)18-16-10-22-17(14-5-3-4-8-21-14)13-9-12(20)6-7-15(13)24(16)11-23-18;18-11-4-5-15-12(7-11)17(13-3-1-2-6-19-13)20-8-16-14(9-23)21-10-22(15)16/h4-8,10,12,14-16H,13H2,1-3H3;1,3-9,11-13H,10H2;1-7,9-11H,8H2;3-9,11H,2,10H2,1H3;1-7,9-10H,8H2. The van der Waals surface area contributed by atoms with Gasteiger partial charge in [-0.3, -0.25) is 77.5 Å². The van der Waals surface area contributed by atoms with E-state index in [-0.39, 0.29) is 0 Å². The van der Waals surface area contributed by atoms with Gasteiger partial charge in [-0.05, 0) is 159 Å². The lowest BCUT2D eigenvalue weighted by molar-refractivity contribution is 0.0518. The average molecular weight is 1960 g/mol. The maximum atomic E-state index is 12.2. The molecule has 33 heteroatoms. The van der Waals surface area contributed by atoms with Gasteiger partial charge in [-0.1, -0.05) is 110 Å². The molecule has 0 saturated heterocycles. The van der Waals surface area contributed by atoms with E-state index in [0.29, 0.717) is 73.7 Å². The third kappa shape index (κ3) is 18.0. The summed E-state index contributed by atoms with van der Waals surface area (Å²) in [5.74, 6) is 7.51. The summed E-state index contributed by atoms with van der Waals surface area (Å²) < 4.78 is 34.4. The number of hydrogen-bond donors (Lipinski definition) is 0. The van der Waals surface area contributed by atoms with Gasteiger partial charge >= 0.3 is 5.97 Å². The molecule has 29 nitrogen and oxygen atoms in total. The van der Waals surface area contributed by atoms with Crippen LogP contribution in [0.25, 0.3) is 62.8 Å². The minimum Gasteiger partial charge on any atom is -0.461 e. The van der Waals surface area contributed by atoms with Gasteiger partial charge in [0.1, 0.15) is 62.5 Å². The van der Waals surface area contributed by atoms with E-state index in [9.17, 15) is 9.59 Å². The molecule has 18 heterocycles. The fourth-order valence-corrected chi connectivity index (χ4v) is 17.2. The van der Waals surface area contributed by atoms with Crippen LogP contribution in [0.2, 0.25) is 19.6 Å². The molecule has 5 aliphatic heterocycles. The summed E-state index contributed by atoms with van der Waals surface area (Å²) in [4.78, 5) is 104. The van der Waals surface area contributed by atoms with Crippen LogP contribution in [-0.2, 0) is 37.5 Å². The van der Waals surface area contributed by atoms with Crippen molar-refractivity contribution in [3.8, 4) is 86.6 Å². The Morgan fingerprint density at radius 1 is 0.406 bits per heavy atom. The number of carbonyl (C=O) groups is 2. The van der Waals surface area contributed by atoms with Crippen molar-refractivity contribution >= 4 is 96.7 Å². The molecule has 5 aliphatic rings. The van der Waals surface area contributed by atoms with E-state index in [1.807, 2.05) is 172 Å². The van der Waals surface area contributed by atoms with Crippen LogP contribution in [-0.4, -0.2) is 143 Å². The number of rotatable bonds is 11. The molecule has 0 unspecified atom stereocenters. The Balaban J connectivity index is 0.000000107. The van der Waals surface area contributed by atoms with E-state index in [2.05, 4.69) is 189 Å². The summed E-state index contributed by atoms with van der Waals surface area (Å²) in [5.41, 5.74) is 30.2. The molecule has 0 aliphatic carbocycles. The van der Waals surface area contributed by atoms with Crippen LogP contribution in [0.4, 0.5) is 0 Å². The van der Waals surface area contributed by atoms with E-state index in [1.165, 1.54) is 19.2 Å². The summed E-state index contributed by atoms with van der Waals surface area (Å²) in [7, 11) is -1.49. The molecule has 0 amide bonds. The number of halogens is 3. The quantitative estimate of drug-likeness (QED) is 0.0502. The van der Waals surface area contributed by atoms with E-state index in [1.54, 1.807) is 81.8 Å². The maximum absolute atomic E-state index is 12.2.